The number of hydrogen-bond donors (Lipinski definition) is 1. The maximum absolute atomic E-state index is 12.5. The number of nitrogen functional groups attached to an aromatic ring is 1. The van der Waals surface area contributed by atoms with Gasteiger partial charge >= 0.3 is 12.1 Å². The molecule has 0 fully saturated rings. The van der Waals surface area contributed by atoms with Crippen LogP contribution in [0.1, 0.15) is 22.8 Å². The maximum Gasteiger partial charge on any atom is 0.422 e. The second kappa shape index (κ2) is 9.30. The first kappa shape index (κ1) is 22.5. The molecule has 2 aromatic heterocycles. The molecule has 3 aromatic rings. The van der Waals surface area contributed by atoms with Crippen LogP contribution in [0.15, 0.2) is 42.7 Å². The Bertz CT molecular complexity index is 1160. The van der Waals surface area contributed by atoms with Gasteiger partial charge in [0.15, 0.2) is 6.61 Å². The van der Waals surface area contributed by atoms with Crippen LogP contribution in [0.5, 0.6) is 5.75 Å². The molecule has 0 aliphatic heterocycles. The molecule has 0 atom stereocenters. The molecule has 2 heterocycles. The van der Waals surface area contributed by atoms with E-state index in [-0.39, 0.29) is 40.8 Å². The first-order valence-corrected chi connectivity index (χ1v) is 9.22. The van der Waals surface area contributed by atoms with Crippen LogP contribution in [0.3, 0.4) is 0 Å². The van der Waals surface area contributed by atoms with E-state index < -0.39 is 18.8 Å². The molecule has 0 bridgehead atoms. The van der Waals surface area contributed by atoms with Gasteiger partial charge in [-0.25, -0.2) is 19.7 Å². The maximum atomic E-state index is 12.5. The number of halogens is 3. The number of benzene rings is 1. The van der Waals surface area contributed by atoms with E-state index in [1.165, 1.54) is 42.7 Å². The fourth-order valence-corrected chi connectivity index (χ4v) is 2.73. The fourth-order valence-electron chi connectivity index (χ4n) is 2.73. The predicted octanol–water partition coefficient (Wildman–Crippen LogP) is 3.78. The molecule has 0 unspecified atom stereocenters. The lowest BCUT2D eigenvalue weighted by molar-refractivity contribution is -0.153. The number of nitrogens with two attached hydrogens (primary N) is 1. The summed E-state index contributed by atoms with van der Waals surface area (Å²) in [6.45, 7) is 0.295. The summed E-state index contributed by atoms with van der Waals surface area (Å²) in [6.07, 6.45) is -1.74. The van der Waals surface area contributed by atoms with Crippen LogP contribution in [0, 0.1) is 11.3 Å². The molecule has 3 rings (SSSR count). The molecule has 2 N–H and O–H groups in total. The number of nitrogens with zero attached hydrogens (tertiary/aromatic N) is 4. The van der Waals surface area contributed by atoms with E-state index in [1.54, 1.807) is 6.92 Å². The number of ether oxygens (including phenoxy) is 2. The summed E-state index contributed by atoms with van der Waals surface area (Å²) in [5, 5.41) is 9.68. The average Bonchev–Trinajstić information content (AvgIpc) is 2.77. The number of aromatic nitrogens is 3. The minimum absolute atomic E-state index is 0.0116. The zero-order chi connectivity index (χ0) is 23.3. The Labute approximate surface area is 180 Å². The Hall–Kier alpha value is -4.20. The summed E-state index contributed by atoms with van der Waals surface area (Å²) in [4.78, 5) is 24.7. The van der Waals surface area contributed by atoms with E-state index in [0.29, 0.717) is 11.1 Å². The van der Waals surface area contributed by atoms with Crippen molar-refractivity contribution in [3.05, 3.63) is 53.9 Å². The molecule has 0 saturated heterocycles. The van der Waals surface area contributed by atoms with Crippen LogP contribution in [0.2, 0.25) is 0 Å². The van der Waals surface area contributed by atoms with Gasteiger partial charge in [-0.3, -0.25) is 0 Å². The van der Waals surface area contributed by atoms with E-state index in [1.807, 2.05) is 6.07 Å². The number of carbonyl (C=O) groups excluding carboxylic acids is 1. The van der Waals surface area contributed by atoms with E-state index in [9.17, 15) is 23.2 Å². The lowest BCUT2D eigenvalue weighted by atomic mass is 10.00. The van der Waals surface area contributed by atoms with E-state index in [0.717, 1.165) is 0 Å². The number of rotatable bonds is 6. The molecule has 0 spiro atoms. The van der Waals surface area contributed by atoms with Crippen molar-refractivity contribution >= 4 is 11.9 Å². The first-order valence-electron chi connectivity index (χ1n) is 9.22. The van der Waals surface area contributed by atoms with Gasteiger partial charge in [0.2, 0.25) is 5.95 Å². The zero-order valence-corrected chi connectivity index (χ0v) is 16.7. The molecule has 0 amide bonds. The molecule has 0 saturated carbocycles. The highest BCUT2D eigenvalue weighted by atomic mass is 19.4. The van der Waals surface area contributed by atoms with Crippen molar-refractivity contribution < 1.29 is 27.4 Å². The first-order chi connectivity index (χ1) is 15.2. The van der Waals surface area contributed by atoms with E-state index >= 15 is 0 Å². The summed E-state index contributed by atoms with van der Waals surface area (Å²) >= 11 is 0. The SMILES string of the molecule is CCOC(=O)c1cc(-c2ccc(OCC(F)(F)F)cc2)nc(-c2cnc(N)nc2)c1C#N. The fraction of sp³-hybridized carbons (Fsp3) is 0.190. The molecule has 1 aromatic carbocycles. The second-order valence-corrected chi connectivity index (χ2v) is 6.37. The highest BCUT2D eigenvalue weighted by Crippen LogP contribution is 2.30. The number of carbonyl (C=O) groups is 1. The third-order valence-corrected chi connectivity index (χ3v) is 4.12. The summed E-state index contributed by atoms with van der Waals surface area (Å²) in [6, 6.07) is 8.99. The summed E-state index contributed by atoms with van der Waals surface area (Å²) in [7, 11) is 0. The topological polar surface area (TPSA) is 124 Å². The predicted molar refractivity (Wildman–Crippen MR) is 107 cm³/mol. The summed E-state index contributed by atoms with van der Waals surface area (Å²) in [5.41, 5.74) is 6.67. The second-order valence-electron chi connectivity index (χ2n) is 6.37. The highest BCUT2D eigenvalue weighted by Gasteiger charge is 2.28. The van der Waals surface area contributed by atoms with Crippen LogP contribution in [-0.2, 0) is 4.74 Å². The van der Waals surface area contributed by atoms with Crippen molar-refractivity contribution in [3.8, 4) is 34.3 Å². The van der Waals surface area contributed by atoms with Crippen LogP contribution in [0.25, 0.3) is 22.5 Å². The Morgan fingerprint density at radius 2 is 1.81 bits per heavy atom. The van der Waals surface area contributed by atoms with Crippen LogP contribution >= 0.6 is 0 Å². The molecule has 0 radical (unpaired) electrons. The highest BCUT2D eigenvalue weighted by molar-refractivity contribution is 5.96. The van der Waals surface area contributed by atoms with Gasteiger partial charge < -0.3 is 15.2 Å². The van der Waals surface area contributed by atoms with Crippen LogP contribution in [0.4, 0.5) is 19.1 Å². The van der Waals surface area contributed by atoms with Gasteiger partial charge in [-0.15, -0.1) is 0 Å². The van der Waals surface area contributed by atoms with Gasteiger partial charge in [0.25, 0.3) is 0 Å². The monoisotopic (exact) mass is 443 g/mol. The normalized spacial score (nSPS) is 11.0. The van der Waals surface area contributed by atoms with Gasteiger partial charge in [-0.1, -0.05) is 0 Å². The average molecular weight is 443 g/mol. The molecule has 32 heavy (non-hydrogen) atoms. The van der Waals surface area contributed by atoms with Crippen molar-refractivity contribution in [2.45, 2.75) is 13.1 Å². The molecule has 164 valence electrons. The van der Waals surface area contributed by atoms with Gasteiger partial charge in [0.05, 0.1) is 29.1 Å². The van der Waals surface area contributed by atoms with Crippen LogP contribution < -0.4 is 10.5 Å². The summed E-state index contributed by atoms with van der Waals surface area (Å²) in [5.74, 6) is -0.698. The Morgan fingerprint density at radius 1 is 1.16 bits per heavy atom. The Balaban J connectivity index is 2.08. The number of nitriles is 1. The minimum Gasteiger partial charge on any atom is -0.484 e. The third kappa shape index (κ3) is 5.28. The standard InChI is InChI=1S/C21H16F3N5O3/c1-2-31-19(30)15-7-17(12-3-5-14(6-4-12)32-11-21(22,23)24)29-18(16(15)8-25)13-9-27-20(26)28-10-13/h3-7,9-10H,2,11H2,1H3,(H2,26,27,28). The number of alkyl halides is 3. The summed E-state index contributed by atoms with van der Waals surface area (Å²) < 4.78 is 46.8. The van der Waals surface area contributed by atoms with Crippen molar-refractivity contribution in [1.82, 2.24) is 15.0 Å². The van der Waals surface area contributed by atoms with Crippen molar-refractivity contribution in [3.63, 3.8) is 0 Å². The Kier molecular flexibility index (Phi) is 6.53. The number of pyridine rings is 1. The number of esters is 1. The lowest BCUT2D eigenvalue weighted by Gasteiger charge is -2.13. The van der Waals surface area contributed by atoms with Gasteiger partial charge in [-0.2, -0.15) is 18.4 Å². The van der Waals surface area contributed by atoms with Crippen LogP contribution in [-0.4, -0.2) is 40.3 Å². The van der Waals surface area contributed by atoms with Crippen molar-refractivity contribution in [2.75, 3.05) is 18.9 Å². The smallest absolute Gasteiger partial charge is 0.422 e. The molecule has 8 nitrogen and oxygen atoms in total. The zero-order valence-electron chi connectivity index (χ0n) is 16.7. The van der Waals surface area contributed by atoms with E-state index in [2.05, 4.69) is 15.0 Å². The van der Waals surface area contributed by atoms with Gasteiger partial charge in [0, 0.05) is 23.5 Å². The Morgan fingerprint density at radius 3 is 2.38 bits per heavy atom. The minimum atomic E-state index is -4.46. The lowest BCUT2D eigenvalue weighted by Crippen LogP contribution is -2.19. The molecular weight excluding hydrogens is 427 g/mol. The van der Waals surface area contributed by atoms with Crippen molar-refractivity contribution in [1.29, 1.82) is 5.26 Å². The molecule has 0 aliphatic carbocycles. The quantitative estimate of drug-likeness (QED) is 0.571. The number of hydrogen-bond acceptors (Lipinski definition) is 8. The third-order valence-electron chi connectivity index (χ3n) is 4.12. The molecule has 11 heteroatoms. The van der Waals surface area contributed by atoms with E-state index in [4.69, 9.17) is 15.2 Å². The largest absolute Gasteiger partial charge is 0.484 e. The van der Waals surface area contributed by atoms with Gasteiger partial charge in [-0.05, 0) is 37.3 Å². The number of anilines is 1. The van der Waals surface area contributed by atoms with Crippen molar-refractivity contribution in [2.24, 2.45) is 0 Å². The molecule has 0 aliphatic rings. The van der Waals surface area contributed by atoms with Gasteiger partial charge in [0.1, 0.15) is 11.8 Å². The molecular formula is C21H16F3N5O3.